The summed E-state index contributed by atoms with van der Waals surface area (Å²) in [5.41, 5.74) is 0.394. The Labute approximate surface area is 181 Å². The van der Waals surface area contributed by atoms with E-state index in [1.165, 1.54) is 48.8 Å². The monoisotopic (exact) mass is 465 g/mol. The zero-order chi connectivity index (χ0) is 21.5. The van der Waals surface area contributed by atoms with Gasteiger partial charge in [-0.15, -0.1) is 0 Å². The number of nitrogens with zero attached hydrogens (tertiary/aromatic N) is 1. The van der Waals surface area contributed by atoms with Crippen molar-refractivity contribution in [3.05, 3.63) is 81.9 Å². The highest BCUT2D eigenvalue weighted by atomic mass is 35.5. The molecule has 1 aromatic carbocycles. The van der Waals surface area contributed by atoms with E-state index < -0.39 is 27.7 Å². The number of pyridine rings is 1. The van der Waals surface area contributed by atoms with Gasteiger partial charge in [0.05, 0.1) is 15.5 Å². The molecule has 154 valence electrons. The van der Waals surface area contributed by atoms with Crippen LogP contribution >= 0.6 is 23.2 Å². The molecule has 0 bridgehead atoms. The van der Waals surface area contributed by atoms with Gasteiger partial charge in [-0.1, -0.05) is 29.3 Å². The van der Waals surface area contributed by atoms with Crippen LogP contribution in [0.15, 0.2) is 71.2 Å². The molecule has 10 heteroatoms. The molecule has 0 spiro atoms. The fourth-order valence-electron chi connectivity index (χ4n) is 3.15. The molecule has 0 saturated carbocycles. The molecule has 0 aliphatic heterocycles. The second-order valence-corrected chi connectivity index (χ2v) is 9.22. The first kappa shape index (κ1) is 20.7. The van der Waals surface area contributed by atoms with Crippen LogP contribution in [-0.2, 0) is 10.0 Å². The van der Waals surface area contributed by atoms with E-state index in [-0.39, 0.29) is 22.5 Å². The lowest BCUT2D eigenvalue weighted by atomic mass is 9.95. The van der Waals surface area contributed by atoms with E-state index in [1.54, 1.807) is 6.07 Å². The van der Waals surface area contributed by atoms with Crippen LogP contribution in [0.3, 0.4) is 0 Å². The van der Waals surface area contributed by atoms with Crippen molar-refractivity contribution in [1.29, 1.82) is 0 Å². The van der Waals surface area contributed by atoms with Crippen molar-refractivity contribution in [1.82, 2.24) is 14.7 Å². The molecule has 2 heterocycles. The van der Waals surface area contributed by atoms with Gasteiger partial charge in [0.1, 0.15) is 11.5 Å². The Kier molecular flexibility index (Phi) is 5.50. The van der Waals surface area contributed by atoms with Crippen LogP contribution in [0.2, 0.25) is 10.0 Å². The molecule has 1 aliphatic carbocycles. The van der Waals surface area contributed by atoms with Crippen LogP contribution in [0.5, 0.6) is 0 Å². The van der Waals surface area contributed by atoms with Crippen molar-refractivity contribution >= 4 is 50.0 Å². The topological polar surface area (TPSA) is 91.9 Å². The lowest BCUT2D eigenvalue weighted by Crippen LogP contribution is -2.35. The standard InChI is InChI=1S/C20H14Cl2FN3O3S/c21-11-1-4-14(5-2-11)30(28,29)26-13-3-6-18(23)16(8-13)19(27)17-10-25-20-15(17)7-12(22)9-24-20/h1-2,4-10,13,26H,3H2,(H,24,25). The van der Waals surface area contributed by atoms with Gasteiger partial charge in [0.2, 0.25) is 10.0 Å². The SMILES string of the molecule is O=C(C1=CC(NS(=O)(=O)c2ccc(Cl)cc2)CC=C1F)c1c[nH]c2ncc(Cl)cc12. The molecule has 30 heavy (non-hydrogen) atoms. The lowest BCUT2D eigenvalue weighted by Gasteiger charge is -2.19. The molecule has 0 amide bonds. The number of nitrogens with one attached hydrogen (secondary N) is 2. The fourth-order valence-corrected chi connectivity index (χ4v) is 4.62. The molecule has 6 nitrogen and oxygen atoms in total. The highest BCUT2D eigenvalue weighted by Crippen LogP contribution is 2.28. The molecule has 4 rings (SSSR count). The number of carbonyl (C=O) groups is 1. The molecule has 1 atom stereocenters. The molecular formula is C20H14Cl2FN3O3S. The largest absolute Gasteiger partial charge is 0.345 e. The Balaban J connectivity index is 1.64. The minimum Gasteiger partial charge on any atom is -0.345 e. The van der Waals surface area contributed by atoms with E-state index in [4.69, 9.17) is 23.2 Å². The average molecular weight is 466 g/mol. The van der Waals surface area contributed by atoms with Crippen molar-refractivity contribution in [2.24, 2.45) is 0 Å². The number of carbonyl (C=O) groups excluding carboxylic acids is 1. The number of hydrogen-bond donors (Lipinski definition) is 2. The van der Waals surface area contributed by atoms with Gasteiger partial charge in [0.15, 0.2) is 5.78 Å². The molecule has 0 radical (unpaired) electrons. The van der Waals surface area contributed by atoms with Gasteiger partial charge in [-0.3, -0.25) is 4.79 Å². The van der Waals surface area contributed by atoms with Gasteiger partial charge in [0.25, 0.3) is 0 Å². The summed E-state index contributed by atoms with van der Waals surface area (Å²) in [6.45, 7) is 0. The minimum absolute atomic E-state index is 0.0144. The Morgan fingerprint density at radius 2 is 1.93 bits per heavy atom. The summed E-state index contributed by atoms with van der Waals surface area (Å²) >= 11 is 11.8. The van der Waals surface area contributed by atoms with Gasteiger partial charge in [-0.05, 0) is 42.8 Å². The zero-order valence-electron chi connectivity index (χ0n) is 15.2. The first-order valence-electron chi connectivity index (χ1n) is 8.78. The van der Waals surface area contributed by atoms with Gasteiger partial charge in [0, 0.05) is 34.4 Å². The first-order chi connectivity index (χ1) is 14.2. The molecular weight excluding hydrogens is 452 g/mol. The number of rotatable bonds is 5. The van der Waals surface area contributed by atoms with Gasteiger partial charge < -0.3 is 4.98 Å². The van der Waals surface area contributed by atoms with Crippen LogP contribution in [0, 0.1) is 0 Å². The number of halogens is 3. The highest BCUT2D eigenvalue weighted by molar-refractivity contribution is 7.89. The Morgan fingerprint density at radius 1 is 1.20 bits per heavy atom. The number of aromatic amines is 1. The summed E-state index contributed by atoms with van der Waals surface area (Å²) in [7, 11) is -3.89. The van der Waals surface area contributed by atoms with E-state index in [1.807, 2.05) is 0 Å². The summed E-state index contributed by atoms with van der Waals surface area (Å²) < 4.78 is 42.1. The Hall–Kier alpha value is -2.52. The highest BCUT2D eigenvalue weighted by Gasteiger charge is 2.27. The second-order valence-electron chi connectivity index (χ2n) is 6.63. The molecule has 0 fully saturated rings. The fraction of sp³-hybridized carbons (Fsp3) is 0.100. The van der Waals surface area contributed by atoms with E-state index >= 15 is 0 Å². The number of benzene rings is 1. The maximum atomic E-state index is 14.5. The summed E-state index contributed by atoms with van der Waals surface area (Å²) in [5.74, 6) is -1.32. The quantitative estimate of drug-likeness (QED) is 0.539. The third kappa shape index (κ3) is 4.04. The van der Waals surface area contributed by atoms with E-state index in [2.05, 4.69) is 14.7 Å². The second kappa shape index (κ2) is 7.96. The predicted octanol–water partition coefficient (Wildman–Crippen LogP) is 4.58. The summed E-state index contributed by atoms with van der Waals surface area (Å²) in [5, 5.41) is 1.18. The number of aromatic nitrogens is 2. The van der Waals surface area contributed by atoms with E-state index in [0.29, 0.717) is 21.1 Å². The maximum absolute atomic E-state index is 14.5. The molecule has 2 aromatic heterocycles. The smallest absolute Gasteiger partial charge is 0.241 e. The average Bonchev–Trinajstić information content (AvgIpc) is 3.12. The zero-order valence-corrected chi connectivity index (χ0v) is 17.5. The molecule has 1 aliphatic rings. The van der Waals surface area contributed by atoms with Crippen LogP contribution in [0.25, 0.3) is 11.0 Å². The molecule has 3 aromatic rings. The number of hydrogen-bond acceptors (Lipinski definition) is 4. The number of fused-ring (bicyclic) bond motifs is 1. The predicted molar refractivity (Wildman–Crippen MR) is 113 cm³/mol. The summed E-state index contributed by atoms with van der Waals surface area (Å²) in [6.07, 6.45) is 5.38. The van der Waals surface area contributed by atoms with Crippen molar-refractivity contribution < 1.29 is 17.6 Å². The van der Waals surface area contributed by atoms with Crippen LogP contribution < -0.4 is 4.72 Å². The number of allylic oxidation sites excluding steroid dienone is 2. The summed E-state index contributed by atoms with van der Waals surface area (Å²) in [4.78, 5) is 19.9. The Morgan fingerprint density at radius 3 is 2.67 bits per heavy atom. The van der Waals surface area contributed by atoms with E-state index in [9.17, 15) is 17.6 Å². The van der Waals surface area contributed by atoms with Crippen LogP contribution in [0.1, 0.15) is 16.8 Å². The number of ketones is 1. The summed E-state index contributed by atoms with van der Waals surface area (Å²) in [6, 6.07) is 6.40. The van der Waals surface area contributed by atoms with Crippen LogP contribution in [-0.4, -0.2) is 30.2 Å². The normalized spacial score (nSPS) is 17.0. The number of Topliss-reactive ketones (excluding diaryl/α,β-unsaturated/α-hetero) is 1. The van der Waals surface area contributed by atoms with Crippen molar-refractivity contribution in [2.75, 3.05) is 0 Å². The minimum atomic E-state index is -3.89. The van der Waals surface area contributed by atoms with Crippen molar-refractivity contribution in [2.45, 2.75) is 17.4 Å². The third-order valence-electron chi connectivity index (χ3n) is 4.59. The molecule has 1 unspecified atom stereocenters. The first-order valence-corrected chi connectivity index (χ1v) is 11.0. The molecule has 2 N–H and O–H groups in total. The van der Waals surface area contributed by atoms with Gasteiger partial charge >= 0.3 is 0 Å². The van der Waals surface area contributed by atoms with Crippen LogP contribution in [0.4, 0.5) is 4.39 Å². The lowest BCUT2D eigenvalue weighted by molar-refractivity contribution is 0.103. The molecule has 0 saturated heterocycles. The van der Waals surface area contributed by atoms with Crippen molar-refractivity contribution in [3.63, 3.8) is 0 Å². The van der Waals surface area contributed by atoms with Gasteiger partial charge in [-0.25, -0.2) is 22.5 Å². The Bertz CT molecular complexity index is 1310. The third-order valence-corrected chi connectivity index (χ3v) is 6.56. The van der Waals surface area contributed by atoms with Gasteiger partial charge in [-0.2, -0.15) is 0 Å². The van der Waals surface area contributed by atoms with E-state index in [0.717, 1.165) is 0 Å². The maximum Gasteiger partial charge on any atom is 0.241 e. The van der Waals surface area contributed by atoms with Crippen molar-refractivity contribution in [3.8, 4) is 0 Å². The number of sulfonamides is 1. The number of H-pyrrole nitrogens is 1.